The maximum absolute atomic E-state index is 12.0. The summed E-state index contributed by atoms with van der Waals surface area (Å²) < 4.78 is 0. The molecule has 0 aliphatic carbocycles. The summed E-state index contributed by atoms with van der Waals surface area (Å²) in [6.07, 6.45) is 0. The van der Waals surface area contributed by atoms with Crippen LogP contribution in [-0.4, -0.2) is 55.6 Å². The summed E-state index contributed by atoms with van der Waals surface area (Å²) in [6.45, 7) is 1.41. The first-order chi connectivity index (χ1) is 8.73. The Balaban J connectivity index is 3.38. The molecule has 0 radical (unpaired) electrons. The van der Waals surface area contributed by atoms with Crippen molar-refractivity contribution in [2.24, 2.45) is 0 Å². The lowest BCUT2D eigenvalue weighted by Crippen LogP contribution is -2.25. The molecule has 2 amide bonds. The maximum atomic E-state index is 12.0. The van der Waals surface area contributed by atoms with Gasteiger partial charge in [-0.3, -0.25) is 14.4 Å². The van der Waals surface area contributed by atoms with Crippen molar-refractivity contribution in [1.82, 2.24) is 9.80 Å². The smallest absolute Gasteiger partial charge is 0.253 e. The standard InChI is InChI=1S/C14H18N2O3/c1-9(17)10-6-11(13(18)15(2)3)8-12(7-10)14(19)16(4)5/h6-8H,1-5H3. The Hall–Kier alpha value is -2.17. The zero-order valence-electron chi connectivity index (χ0n) is 11.9. The van der Waals surface area contributed by atoms with Crippen molar-refractivity contribution in [3.8, 4) is 0 Å². The molecular weight excluding hydrogens is 244 g/mol. The predicted molar refractivity (Wildman–Crippen MR) is 72.5 cm³/mol. The number of amides is 2. The van der Waals surface area contributed by atoms with Gasteiger partial charge in [0.25, 0.3) is 11.8 Å². The summed E-state index contributed by atoms with van der Waals surface area (Å²) in [5.41, 5.74) is 1.03. The maximum Gasteiger partial charge on any atom is 0.253 e. The highest BCUT2D eigenvalue weighted by atomic mass is 16.2. The van der Waals surface area contributed by atoms with E-state index in [1.165, 1.54) is 34.9 Å². The first kappa shape index (κ1) is 14.9. The van der Waals surface area contributed by atoms with E-state index >= 15 is 0 Å². The molecule has 102 valence electrons. The van der Waals surface area contributed by atoms with Crippen molar-refractivity contribution >= 4 is 17.6 Å². The third-order valence-corrected chi connectivity index (χ3v) is 2.65. The Morgan fingerprint density at radius 3 is 1.32 bits per heavy atom. The molecule has 0 saturated carbocycles. The average Bonchev–Trinajstić information content (AvgIpc) is 2.35. The molecule has 0 aliphatic rings. The van der Waals surface area contributed by atoms with Gasteiger partial charge in [-0.25, -0.2) is 0 Å². The van der Waals surface area contributed by atoms with Gasteiger partial charge in [0, 0.05) is 44.9 Å². The average molecular weight is 262 g/mol. The number of rotatable bonds is 3. The van der Waals surface area contributed by atoms with Gasteiger partial charge in [0.2, 0.25) is 0 Å². The highest BCUT2D eigenvalue weighted by molar-refractivity contribution is 6.04. The van der Waals surface area contributed by atoms with E-state index in [1.807, 2.05) is 0 Å². The van der Waals surface area contributed by atoms with E-state index in [4.69, 9.17) is 0 Å². The molecule has 0 N–H and O–H groups in total. The molecule has 1 aromatic carbocycles. The summed E-state index contributed by atoms with van der Waals surface area (Å²) in [5, 5.41) is 0. The molecule has 0 spiro atoms. The number of benzene rings is 1. The van der Waals surface area contributed by atoms with Crippen LogP contribution in [0.25, 0.3) is 0 Å². The monoisotopic (exact) mass is 262 g/mol. The van der Waals surface area contributed by atoms with Crippen LogP contribution in [0.3, 0.4) is 0 Å². The molecule has 1 rings (SSSR count). The molecule has 0 saturated heterocycles. The number of Topliss-reactive ketones (excluding diaryl/α,β-unsaturated/α-hetero) is 1. The molecule has 0 aromatic heterocycles. The van der Waals surface area contributed by atoms with Crippen LogP contribution in [0, 0.1) is 0 Å². The fraction of sp³-hybridized carbons (Fsp3) is 0.357. The summed E-state index contributed by atoms with van der Waals surface area (Å²) in [6, 6.07) is 4.53. The van der Waals surface area contributed by atoms with Crippen molar-refractivity contribution in [2.45, 2.75) is 6.92 Å². The zero-order chi connectivity index (χ0) is 14.7. The second kappa shape index (κ2) is 5.65. The highest BCUT2D eigenvalue weighted by Gasteiger charge is 2.16. The Morgan fingerprint density at radius 2 is 1.05 bits per heavy atom. The normalized spacial score (nSPS) is 9.95. The molecule has 5 nitrogen and oxygen atoms in total. The molecule has 0 aliphatic heterocycles. The molecule has 0 atom stereocenters. The molecule has 0 unspecified atom stereocenters. The van der Waals surface area contributed by atoms with Gasteiger partial charge < -0.3 is 9.80 Å². The summed E-state index contributed by atoms with van der Waals surface area (Å²) >= 11 is 0. The number of hydrogen-bond acceptors (Lipinski definition) is 3. The second-order valence-electron chi connectivity index (χ2n) is 4.75. The van der Waals surface area contributed by atoms with Gasteiger partial charge >= 0.3 is 0 Å². The predicted octanol–water partition coefficient (Wildman–Crippen LogP) is 1.29. The SMILES string of the molecule is CC(=O)c1cc(C(=O)N(C)C)cc(C(=O)N(C)C)c1. The lowest BCUT2D eigenvalue weighted by molar-refractivity contribution is 0.0826. The topological polar surface area (TPSA) is 57.7 Å². The minimum atomic E-state index is -0.240. The van der Waals surface area contributed by atoms with Crippen LogP contribution in [0.4, 0.5) is 0 Å². The van der Waals surface area contributed by atoms with E-state index in [-0.39, 0.29) is 17.6 Å². The van der Waals surface area contributed by atoms with Crippen molar-refractivity contribution in [2.75, 3.05) is 28.2 Å². The minimum absolute atomic E-state index is 0.179. The summed E-state index contributed by atoms with van der Waals surface area (Å²) in [5.74, 6) is -0.659. The fourth-order valence-corrected chi connectivity index (χ4v) is 1.59. The van der Waals surface area contributed by atoms with E-state index in [0.29, 0.717) is 16.7 Å². The first-order valence-corrected chi connectivity index (χ1v) is 5.83. The van der Waals surface area contributed by atoms with Gasteiger partial charge in [0.15, 0.2) is 5.78 Å². The van der Waals surface area contributed by atoms with Crippen LogP contribution in [0.1, 0.15) is 38.0 Å². The molecule has 0 heterocycles. The third-order valence-electron chi connectivity index (χ3n) is 2.65. The number of ketones is 1. The third kappa shape index (κ3) is 3.40. The highest BCUT2D eigenvalue weighted by Crippen LogP contribution is 2.14. The van der Waals surface area contributed by atoms with Crippen LogP contribution >= 0.6 is 0 Å². The molecule has 0 fully saturated rings. The Labute approximate surface area is 112 Å². The summed E-state index contributed by atoms with van der Waals surface area (Å²) in [4.78, 5) is 38.2. The fourth-order valence-electron chi connectivity index (χ4n) is 1.59. The molecule has 19 heavy (non-hydrogen) atoms. The van der Waals surface area contributed by atoms with Crippen LogP contribution < -0.4 is 0 Å². The van der Waals surface area contributed by atoms with Crippen LogP contribution in [0.2, 0.25) is 0 Å². The molecule has 5 heteroatoms. The van der Waals surface area contributed by atoms with Gasteiger partial charge in [0.05, 0.1) is 0 Å². The summed E-state index contributed by atoms with van der Waals surface area (Å²) in [7, 11) is 6.48. The number of hydrogen-bond donors (Lipinski definition) is 0. The largest absolute Gasteiger partial charge is 0.345 e. The minimum Gasteiger partial charge on any atom is -0.345 e. The Kier molecular flexibility index (Phi) is 4.43. The second-order valence-corrected chi connectivity index (χ2v) is 4.75. The van der Waals surface area contributed by atoms with E-state index < -0.39 is 0 Å². The van der Waals surface area contributed by atoms with Crippen molar-refractivity contribution < 1.29 is 14.4 Å². The lowest BCUT2D eigenvalue weighted by Gasteiger charge is -2.14. The lowest BCUT2D eigenvalue weighted by atomic mass is 10.0. The van der Waals surface area contributed by atoms with Crippen molar-refractivity contribution in [1.29, 1.82) is 0 Å². The molecular formula is C14H18N2O3. The van der Waals surface area contributed by atoms with E-state index in [0.717, 1.165) is 0 Å². The van der Waals surface area contributed by atoms with Crippen molar-refractivity contribution in [3.63, 3.8) is 0 Å². The molecule has 1 aromatic rings. The van der Waals surface area contributed by atoms with Crippen molar-refractivity contribution in [3.05, 3.63) is 34.9 Å². The Morgan fingerprint density at radius 1 is 0.737 bits per heavy atom. The quantitative estimate of drug-likeness (QED) is 0.771. The van der Waals surface area contributed by atoms with Gasteiger partial charge in [-0.05, 0) is 25.1 Å². The van der Waals surface area contributed by atoms with Crippen LogP contribution in [0.5, 0.6) is 0 Å². The number of carbonyl (C=O) groups is 3. The van der Waals surface area contributed by atoms with Gasteiger partial charge in [-0.1, -0.05) is 0 Å². The van der Waals surface area contributed by atoms with Crippen LogP contribution in [0.15, 0.2) is 18.2 Å². The van der Waals surface area contributed by atoms with E-state index in [9.17, 15) is 14.4 Å². The van der Waals surface area contributed by atoms with E-state index in [2.05, 4.69) is 0 Å². The zero-order valence-corrected chi connectivity index (χ0v) is 11.9. The van der Waals surface area contributed by atoms with Gasteiger partial charge in [-0.15, -0.1) is 0 Å². The Bertz CT molecular complexity index is 495. The van der Waals surface area contributed by atoms with Gasteiger partial charge in [0.1, 0.15) is 0 Å². The van der Waals surface area contributed by atoms with Crippen LogP contribution in [-0.2, 0) is 0 Å². The van der Waals surface area contributed by atoms with Gasteiger partial charge in [-0.2, -0.15) is 0 Å². The molecule has 0 bridgehead atoms. The van der Waals surface area contributed by atoms with E-state index in [1.54, 1.807) is 28.2 Å². The number of nitrogens with zero attached hydrogens (tertiary/aromatic N) is 2. The number of carbonyl (C=O) groups excluding carboxylic acids is 3. The first-order valence-electron chi connectivity index (χ1n) is 5.83.